The topological polar surface area (TPSA) is 12.0 Å². The van der Waals surface area contributed by atoms with E-state index in [4.69, 9.17) is 11.6 Å². The first-order valence-electron chi connectivity index (χ1n) is 8.32. The number of alkyl halides is 1. The van der Waals surface area contributed by atoms with Crippen LogP contribution in [-0.4, -0.2) is 5.38 Å². The maximum atomic E-state index is 6.58. The first kappa shape index (κ1) is 16.9. The van der Waals surface area contributed by atoms with Gasteiger partial charge in [-0.05, 0) is 49.6 Å². The second-order valence-electron chi connectivity index (χ2n) is 6.84. The highest BCUT2D eigenvalue weighted by molar-refractivity contribution is 6.24. The Morgan fingerprint density at radius 2 is 1.75 bits per heavy atom. The largest absolute Gasteiger partial charge is 0.359 e. The van der Waals surface area contributed by atoms with Crippen LogP contribution in [0.4, 0.5) is 5.69 Å². The Morgan fingerprint density at radius 1 is 1.08 bits per heavy atom. The number of allylic oxidation sites excluding steroid dienone is 1. The van der Waals surface area contributed by atoms with E-state index in [-0.39, 0.29) is 11.3 Å². The van der Waals surface area contributed by atoms with E-state index in [0.29, 0.717) is 5.92 Å². The van der Waals surface area contributed by atoms with Crippen LogP contribution in [0.5, 0.6) is 0 Å². The van der Waals surface area contributed by atoms with Crippen LogP contribution in [0.25, 0.3) is 6.08 Å². The summed E-state index contributed by atoms with van der Waals surface area (Å²) in [5.41, 5.74) is 8.26. The molecule has 1 nitrogen and oxygen atoms in total. The van der Waals surface area contributed by atoms with Crippen molar-refractivity contribution < 1.29 is 0 Å². The van der Waals surface area contributed by atoms with E-state index < -0.39 is 0 Å². The lowest BCUT2D eigenvalue weighted by Gasteiger charge is -2.12. The van der Waals surface area contributed by atoms with Gasteiger partial charge in [-0.1, -0.05) is 54.6 Å². The zero-order valence-electron chi connectivity index (χ0n) is 14.6. The summed E-state index contributed by atoms with van der Waals surface area (Å²) >= 11 is 6.58. The Morgan fingerprint density at radius 3 is 2.38 bits per heavy atom. The molecule has 0 heterocycles. The lowest BCUT2D eigenvalue weighted by molar-refractivity contribution is 0.946. The summed E-state index contributed by atoms with van der Waals surface area (Å²) in [4.78, 5) is 0. The van der Waals surface area contributed by atoms with Crippen molar-refractivity contribution in [3.63, 3.8) is 0 Å². The van der Waals surface area contributed by atoms with Gasteiger partial charge in [-0.2, -0.15) is 0 Å². The van der Waals surface area contributed by atoms with E-state index in [0.717, 1.165) is 16.9 Å². The van der Waals surface area contributed by atoms with E-state index in [1.807, 2.05) is 6.08 Å². The van der Waals surface area contributed by atoms with Crippen LogP contribution < -0.4 is 5.32 Å². The third kappa shape index (κ3) is 3.27. The quantitative estimate of drug-likeness (QED) is 0.640. The van der Waals surface area contributed by atoms with Crippen molar-refractivity contribution in [1.82, 2.24) is 0 Å². The molecule has 0 bridgehead atoms. The number of anilines is 1. The lowest BCUT2D eigenvalue weighted by Crippen LogP contribution is -2.02. The van der Waals surface area contributed by atoms with Crippen LogP contribution in [-0.2, 0) is 0 Å². The minimum absolute atomic E-state index is 0.107. The highest BCUT2D eigenvalue weighted by Crippen LogP contribution is 2.55. The molecule has 0 amide bonds. The summed E-state index contributed by atoms with van der Waals surface area (Å²) in [6.07, 6.45) is 1.88. The fraction of sp³-hybridized carbons (Fsp3) is 0.273. The number of hydrogen-bond donors (Lipinski definition) is 1. The van der Waals surface area contributed by atoms with Gasteiger partial charge in [-0.3, -0.25) is 0 Å². The van der Waals surface area contributed by atoms with E-state index in [9.17, 15) is 0 Å². The molecule has 3 unspecified atom stereocenters. The maximum absolute atomic E-state index is 6.58. The van der Waals surface area contributed by atoms with E-state index in [2.05, 4.69) is 75.6 Å². The molecule has 0 radical (unpaired) electrons. The van der Waals surface area contributed by atoms with Gasteiger partial charge < -0.3 is 5.32 Å². The Labute approximate surface area is 150 Å². The van der Waals surface area contributed by atoms with Gasteiger partial charge in [-0.25, -0.2) is 0 Å². The average molecular weight is 338 g/mol. The lowest BCUT2D eigenvalue weighted by atomic mass is 10.0. The number of benzene rings is 2. The fourth-order valence-electron chi connectivity index (χ4n) is 3.48. The van der Waals surface area contributed by atoms with E-state index in [1.165, 1.54) is 22.3 Å². The summed E-state index contributed by atoms with van der Waals surface area (Å²) in [6.45, 7) is 14.5. The first-order valence-corrected chi connectivity index (χ1v) is 8.75. The van der Waals surface area contributed by atoms with Crippen LogP contribution >= 0.6 is 11.6 Å². The predicted octanol–water partition coefficient (Wildman–Crippen LogP) is 6.20. The summed E-state index contributed by atoms with van der Waals surface area (Å²) in [6, 6.07) is 12.9. The van der Waals surface area contributed by atoms with E-state index >= 15 is 0 Å². The molecule has 0 spiro atoms. The first-order chi connectivity index (χ1) is 11.4. The number of aryl methyl sites for hydroxylation is 3. The smallest absolute Gasteiger partial charge is 0.0500 e. The fourth-order valence-corrected chi connectivity index (χ4v) is 4.01. The van der Waals surface area contributed by atoms with Crippen molar-refractivity contribution in [3.8, 4) is 0 Å². The third-order valence-corrected chi connectivity index (χ3v) is 5.31. The third-order valence-electron chi connectivity index (χ3n) is 4.77. The Balaban J connectivity index is 1.75. The molecule has 2 aromatic rings. The highest BCUT2D eigenvalue weighted by atomic mass is 35.5. The second-order valence-corrected chi connectivity index (χ2v) is 7.35. The van der Waals surface area contributed by atoms with Crippen molar-refractivity contribution in [2.75, 3.05) is 5.32 Å². The SMILES string of the molecule is C=Cc1cc(NC(=C)C2C(Cl)C2c2cc(C)cc(C)c2)ccc1C. The van der Waals surface area contributed by atoms with Crippen LogP contribution in [0.15, 0.2) is 55.3 Å². The molecular weight excluding hydrogens is 314 g/mol. The van der Waals surface area contributed by atoms with Gasteiger partial charge in [0.05, 0.1) is 5.38 Å². The van der Waals surface area contributed by atoms with Crippen LogP contribution in [0, 0.1) is 26.7 Å². The molecule has 2 aromatic carbocycles. The number of hydrogen-bond acceptors (Lipinski definition) is 1. The number of halogens is 1. The summed E-state index contributed by atoms with van der Waals surface area (Å²) in [5, 5.41) is 3.55. The summed E-state index contributed by atoms with van der Waals surface area (Å²) in [5.74, 6) is 0.607. The standard InChI is InChI=1S/C22H24ClN/c1-6-17-12-19(8-7-15(17)4)24-16(5)20-21(22(20)23)18-10-13(2)9-14(3)11-18/h6-12,20-22,24H,1,5H2,2-4H3. The predicted molar refractivity (Wildman–Crippen MR) is 106 cm³/mol. The number of rotatable bonds is 5. The van der Waals surface area contributed by atoms with Crippen molar-refractivity contribution in [1.29, 1.82) is 0 Å². The molecular formula is C22H24ClN. The van der Waals surface area contributed by atoms with Gasteiger partial charge in [0.2, 0.25) is 0 Å². The van der Waals surface area contributed by atoms with Crippen LogP contribution in [0.1, 0.15) is 33.7 Å². The molecule has 0 aliphatic heterocycles. The van der Waals surface area contributed by atoms with Gasteiger partial charge in [0.15, 0.2) is 0 Å². The number of nitrogens with one attached hydrogen (secondary N) is 1. The Kier molecular flexibility index (Phi) is 4.56. The molecule has 1 fully saturated rings. The molecule has 1 aliphatic rings. The molecule has 124 valence electrons. The minimum atomic E-state index is 0.107. The van der Waals surface area contributed by atoms with Gasteiger partial charge in [0.25, 0.3) is 0 Å². The van der Waals surface area contributed by atoms with Gasteiger partial charge in [0, 0.05) is 23.2 Å². The molecule has 0 saturated heterocycles. The zero-order valence-corrected chi connectivity index (χ0v) is 15.3. The Bertz CT molecular complexity index is 785. The van der Waals surface area contributed by atoms with Crippen LogP contribution in [0.2, 0.25) is 0 Å². The zero-order chi connectivity index (χ0) is 17.4. The van der Waals surface area contributed by atoms with Crippen molar-refractivity contribution >= 4 is 23.4 Å². The molecule has 1 saturated carbocycles. The average Bonchev–Trinajstić information content (AvgIpc) is 3.19. The second kappa shape index (κ2) is 6.49. The molecule has 24 heavy (non-hydrogen) atoms. The molecule has 3 rings (SSSR count). The van der Waals surface area contributed by atoms with Gasteiger partial charge in [0.1, 0.15) is 0 Å². The van der Waals surface area contributed by atoms with Gasteiger partial charge >= 0.3 is 0 Å². The Hall–Kier alpha value is -1.99. The van der Waals surface area contributed by atoms with Gasteiger partial charge in [-0.15, -0.1) is 11.6 Å². The summed E-state index contributed by atoms with van der Waals surface area (Å²) in [7, 11) is 0. The van der Waals surface area contributed by atoms with Crippen molar-refractivity contribution in [2.45, 2.75) is 32.1 Å². The minimum Gasteiger partial charge on any atom is -0.359 e. The maximum Gasteiger partial charge on any atom is 0.0500 e. The van der Waals surface area contributed by atoms with Crippen molar-refractivity contribution in [3.05, 3.63) is 83.1 Å². The van der Waals surface area contributed by atoms with E-state index in [1.54, 1.807) is 0 Å². The molecule has 3 atom stereocenters. The molecule has 1 N–H and O–H groups in total. The molecule has 1 aliphatic carbocycles. The van der Waals surface area contributed by atoms with Crippen LogP contribution in [0.3, 0.4) is 0 Å². The normalized spacial score (nSPS) is 22.1. The monoisotopic (exact) mass is 337 g/mol. The van der Waals surface area contributed by atoms with Crippen molar-refractivity contribution in [2.24, 2.45) is 5.92 Å². The summed E-state index contributed by atoms with van der Waals surface area (Å²) < 4.78 is 0. The highest BCUT2D eigenvalue weighted by Gasteiger charge is 2.51. The molecule has 2 heteroatoms. The molecule has 0 aromatic heterocycles.